The first-order chi connectivity index (χ1) is 6.27. The maximum absolute atomic E-state index is 11.1. The van der Waals surface area contributed by atoms with Gasteiger partial charge in [-0.1, -0.05) is 24.3 Å². The topological polar surface area (TPSA) is 29.1 Å². The van der Waals surface area contributed by atoms with Gasteiger partial charge in [0.25, 0.3) is 0 Å². The van der Waals surface area contributed by atoms with Crippen LogP contribution in [-0.4, -0.2) is 11.8 Å². The fourth-order valence-electron chi connectivity index (χ4n) is 1.74. The highest BCUT2D eigenvalue weighted by atomic mass is 16.1. The number of hydrogen-bond acceptors (Lipinski definition) is 2. The Morgan fingerprint density at radius 3 is 2.77 bits per heavy atom. The lowest BCUT2D eigenvalue weighted by molar-refractivity contribution is -0.119. The molecular formula is C11H13NO. The number of rotatable bonds is 1. The monoisotopic (exact) mass is 175 g/mol. The molecule has 0 saturated heterocycles. The summed E-state index contributed by atoms with van der Waals surface area (Å²) in [5.74, 6) is 0.231. The van der Waals surface area contributed by atoms with Crippen molar-refractivity contribution < 1.29 is 4.79 Å². The highest BCUT2D eigenvalue weighted by molar-refractivity contribution is 5.82. The lowest BCUT2D eigenvalue weighted by atomic mass is 9.94. The molecule has 0 amide bonds. The standard InChI is InChI=1S/C11H13NO/c1-8(13)11-6-9-4-2-3-5-10(9)7-12-11/h2-5,11-12H,6-7H2,1H3. The van der Waals surface area contributed by atoms with Crippen molar-refractivity contribution in [3.05, 3.63) is 35.4 Å². The first kappa shape index (κ1) is 8.45. The first-order valence-corrected chi connectivity index (χ1v) is 4.58. The van der Waals surface area contributed by atoms with E-state index in [2.05, 4.69) is 17.4 Å². The van der Waals surface area contributed by atoms with Gasteiger partial charge in [-0.3, -0.25) is 4.79 Å². The molecule has 0 aromatic heterocycles. The van der Waals surface area contributed by atoms with Crippen molar-refractivity contribution >= 4 is 5.78 Å². The average molecular weight is 175 g/mol. The molecule has 0 aliphatic carbocycles. The van der Waals surface area contributed by atoms with Crippen LogP contribution in [0.2, 0.25) is 0 Å². The molecule has 1 aromatic carbocycles. The number of benzene rings is 1. The molecule has 2 rings (SSSR count). The fraction of sp³-hybridized carbons (Fsp3) is 0.364. The highest BCUT2D eigenvalue weighted by Crippen LogP contribution is 2.16. The summed E-state index contributed by atoms with van der Waals surface area (Å²) in [6, 6.07) is 8.30. The van der Waals surface area contributed by atoms with Gasteiger partial charge in [-0.2, -0.15) is 0 Å². The maximum atomic E-state index is 11.1. The Kier molecular flexibility index (Phi) is 2.15. The normalized spacial score (nSPS) is 20.8. The Labute approximate surface area is 78.0 Å². The van der Waals surface area contributed by atoms with Crippen LogP contribution in [0.15, 0.2) is 24.3 Å². The van der Waals surface area contributed by atoms with Crippen molar-refractivity contribution in [1.82, 2.24) is 5.32 Å². The van der Waals surface area contributed by atoms with Crippen LogP contribution in [0.3, 0.4) is 0 Å². The van der Waals surface area contributed by atoms with E-state index >= 15 is 0 Å². The SMILES string of the molecule is CC(=O)C1Cc2ccccc2CN1. The molecule has 0 fully saturated rings. The van der Waals surface area contributed by atoms with Gasteiger partial charge in [0.05, 0.1) is 6.04 Å². The second-order valence-corrected chi connectivity index (χ2v) is 3.52. The Morgan fingerprint density at radius 1 is 1.38 bits per heavy atom. The molecule has 1 aliphatic heterocycles. The number of ketones is 1. The van der Waals surface area contributed by atoms with Gasteiger partial charge in [-0.25, -0.2) is 0 Å². The van der Waals surface area contributed by atoms with Crippen LogP contribution in [0.25, 0.3) is 0 Å². The minimum atomic E-state index is 0.0231. The van der Waals surface area contributed by atoms with E-state index in [9.17, 15) is 4.79 Å². The summed E-state index contributed by atoms with van der Waals surface area (Å²) in [6.45, 7) is 2.46. The van der Waals surface area contributed by atoms with Crippen LogP contribution in [-0.2, 0) is 17.8 Å². The second kappa shape index (κ2) is 3.30. The van der Waals surface area contributed by atoms with Crippen molar-refractivity contribution in [3.63, 3.8) is 0 Å². The number of hydrogen-bond donors (Lipinski definition) is 1. The molecule has 0 saturated carbocycles. The highest BCUT2D eigenvalue weighted by Gasteiger charge is 2.20. The van der Waals surface area contributed by atoms with E-state index in [1.807, 2.05) is 12.1 Å². The smallest absolute Gasteiger partial charge is 0.147 e. The molecule has 1 heterocycles. The van der Waals surface area contributed by atoms with Crippen molar-refractivity contribution in [2.75, 3.05) is 0 Å². The summed E-state index contributed by atoms with van der Waals surface area (Å²) in [5.41, 5.74) is 2.63. The van der Waals surface area contributed by atoms with Crippen molar-refractivity contribution in [2.24, 2.45) is 0 Å². The van der Waals surface area contributed by atoms with E-state index in [1.54, 1.807) is 6.92 Å². The zero-order valence-corrected chi connectivity index (χ0v) is 7.71. The third kappa shape index (κ3) is 1.63. The summed E-state index contributed by atoms with van der Waals surface area (Å²) < 4.78 is 0. The Balaban J connectivity index is 2.24. The summed E-state index contributed by atoms with van der Waals surface area (Å²) in [6.07, 6.45) is 0.839. The largest absolute Gasteiger partial charge is 0.303 e. The number of fused-ring (bicyclic) bond motifs is 1. The molecule has 1 atom stereocenters. The summed E-state index contributed by atoms with van der Waals surface area (Å²) in [7, 11) is 0. The first-order valence-electron chi connectivity index (χ1n) is 4.58. The van der Waals surface area contributed by atoms with Crippen LogP contribution >= 0.6 is 0 Å². The molecule has 0 radical (unpaired) electrons. The average Bonchev–Trinajstić information content (AvgIpc) is 2.17. The van der Waals surface area contributed by atoms with Crippen molar-refractivity contribution in [3.8, 4) is 0 Å². The third-order valence-corrected chi connectivity index (χ3v) is 2.57. The predicted molar refractivity (Wildman–Crippen MR) is 51.5 cm³/mol. The van der Waals surface area contributed by atoms with Crippen LogP contribution in [0.1, 0.15) is 18.1 Å². The molecule has 1 aromatic rings. The van der Waals surface area contributed by atoms with Crippen LogP contribution in [0.4, 0.5) is 0 Å². The summed E-state index contributed by atoms with van der Waals surface area (Å²) in [4.78, 5) is 11.1. The molecule has 0 bridgehead atoms. The summed E-state index contributed by atoms with van der Waals surface area (Å²) in [5, 5.41) is 3.23. The minimum Gasteiger partial charge on any atom is -0.303 e. The molecule has 1 aliphatic rings. The van der Waals surface area contributed by atoms with Gasteiger partial charge >= 0.3 is 0 Å². The minimum absolute atomic E-state index is 0.0231. The lowest BCUT2D eigenvalue weighted by Gasteiger charge is -2.23. The Bertz CT molecular complexity index is 333. The maximum Gasteiger partial charge on any atom is 0.147 e. The van der Waals surface area contributed by atoms with E-state index in [-0.39, 0.29) is 11.8 Å². The zero-order chi connectivity index (χ0) is 9.26. The lowest BCUT2D eigenvalue weighted by Crippen LogP contribution is -2.40. The van der Waals surface area contributed by atoms with Crippen molar-refractivity contribution in [1.29, 1.82) is 0 Å². The van der Waals surface area contributed by atoms with Gasteiger partial charge in [-0.15, -0.1) is 0 Å². The Morgan fingerprint density at radius 2 is 2.08 bits per heavy atom. The van der Waals surface area contributed by atoms with Gasteiger partial charge in [-0.05, 0) is 24.5 Å². The zero-order valence-electron chi connectivity index (χ0n) is 7.71. The molecular weight excluding hydrogens is 162 g/mol. The van der Waals surface area contributed by atoms with E-state index in [0.717, 1.165) is 13.0 Å². The van der Waals surface area contributed by atoms with E-state index < -0.39 is 0 Å². The predicted octanol–water partition coefficient (Wildman–Crippen LogP) is 1.29. The number of carbonyl (C=O) groups excluding carboxylic acids is 1. The summed E-state index contributed by atoms with van der Waals surface area (Å²) >= 11 is 0. The van der Waals surface area contributed by atoms with Gasteiger partial charge < -0.3 is 5.32 Å². The van der Waals surface area contributed by atoms with Crippen LogP contribution in [0.5, 0.6) is 0 Å². The number of Topliss-reactive ketones (excluding diaryl/α,β-unsaturated/α-hetero) is 1. The van der Waals surface area contributed by atoms with Gasteiger partial charge in [0.2, 0.25) is 0 Å². The molecule has 2 heteroatoms. The second-order valence-electron chi connectivity index (χ2n) is 3.52. The Hall–Kier alpha value is -1.15. The number of carbonyl (C=O) groups is 1. The molecule has 1 unspecified atom stereocenters. The van der Waals surface area contributed by atoms with Gasteiger partial charge in [0.1, 0.15) is 5.78 Å². The number of nitrogens with one attached hydrogen (secondary N) is 1. The molecule has 0 spiro atoms. The van der Waals surface area contributed by atoms with Crippen LogP contribution in [0, 0.1) is 0 Å². The fourth-order valence-corrected chi connectivity index (χ4v) is 1.74. The molecule has 68 valence electrons. The van der Waals surface area contributed by atoms with Crippen LogP contribution < -0.4 is 5.32 Å². The molecule has 2 nitrogen and oxygen atoms in total. The van der Waals surface area contributed by atoms with E-state index in [4.69, 9.17) is 0 Å². The van der Waals surface area contributed by atoms with Gasteiger partial charge in [0, 0.05) is 6.54 Å². The van der Waals surface area contributed by atoms with Gasteiger partial charge in [0.15, 0.2) is 0 Å². The third-order valence-electron chi connectivity index (χ3n) is 2.57. The molecule has 13 heavy (non-hydrogen) atoms. The van der Waals surface area contributed by atoms with E-state index in [1.165, 1.54) is 11.1 Å². The molecule has 1 N–H and O–H groups in total. The van der Waals surface area contributed by atoms with E-state index in [0.29, 0.717) is 0 Å². The quantitative estimate of drug-likeness (QED) is 0.696. The van der Waals surface area contributed by atoms with Crippen molar-refractivity contribution in [2.45, 2.75) is 25.9 Å².